The summed E-state index contributed by atoms with van der Waals surface area (Å²) in [6, 6.07) is 0. The molecule has 4 N–H and O–H groups in total. The molecule has 0 unspecified atom stereocenters. The molecule has 0 saturated carbocycles. The molecule has 2 rings (SSSR count). The number of nitrogens with two attached hydrogens (primary N) is 1. The Hall–Kier alpha value is -2.09. The molecular weight excluding hydrogens is 266 g/mol. The fourth-order valence-corrected chi connectivity index (χ4v) is 2.47. The van der Waals surface area contributed by atoms with Gasteiger partial charge < -0.3 is 11.1 Å². The van der Waals surface area contributed by atoms with Crippen molar-refractivity contribution < 1.29 is 0 Å². The van der Waals surface area contributed by atoms with Crippen molar-refractivity contribution in [2.45, 2.75) is 26.9 Å². The monoisotopic (exact) mass is 281 g/mol. The van der Waals surface area contributed by atoms with Crippen LogP contribution in [0, 0.1) is 6.92 Å². The van der Waals surface area contributed by atoms with Crippen LogP contribution in [0.25, 0.3) is 0 Å². The van der Waals surface area contributed by atoms with E-state index in [-0.39, 0.29) is 11.5 Å². The molecule has 0 fully saturated rings. The Morgan fingerprint density at radius 1 is 1.53 bits per heavy atom. The molecular formula is C11H15N5O2S. The van der Waals surface area contributed by atoms with Crippen LogP contribution in [-0.4, -0.2) is 14.5 Å². The highest BCUT2D eigenvalue weighted by atomic mass is 32.1. The van der Waals surface area contributed by atoms with Gasteiger partial charge in [0, 0.05) is 17.6 Å². The molecule has 0 bridgehead atoms. The molecule has 0 aliphatic heterocycles. The minimum Gasteiger partial charge on any atom is -0.383 e. The molecule has 102 valence electrons. The first kappa shape index (κ1) is 13.3. The van der Waals surface area contributed by atoms with E-state index in [2.05, 4.69) is 15.3 Å². The summed E-state index contributed by atoms with van der Waals surface area (Å²) in [5.41, 5.74) is 5.05. The molecule has 0 aromatic carbocycles. The van der Waals surface area contributed by atoms with E-state index in [0.29, 0.717) is 13.1 Å². The highest BCUT2D eigenvalue weighted by Gasteiger charge is 2.11. The van der Waals surface area contributed by atoms with E-state index in [4.69, 9.17) is 5.73 Å². The van der Waals surface area contributed by atoms with E-state index < -0.39 is 11.2 Å². The number of thiazole rings is 1. The zero-order valence-electron chi connectivity index (χ0n) is 10.7. The second-order valence-electron chi connectivity index (χ2n) is 3.96. The highest BCUT2D eigenvalue weighted by molar-refractivity contribution is 7.11. The van der Waals surface area contributed by atoms with Crippen molar-refractivity contribution in [3.05, 3.63) is 36.9 Å². The molecule has 8 heteroatoms. The highest BCUT2D eigenvalue weighted by Crippen LogP contribution is 2.15. The molecule has 0 aliphatic carbocycles. The number of H-pyrrole nitrogens is 1. The van der Waals surface area contributed by atoms with Gasteiger partial charge in [0.25, 0.3) is 5.56 Å². The summed E-state index contributed by atoms with van der Waals surface area (Å²) in [5, 5.41) is 3.91. The second kappa shape index (κ2) is 5.27. The van der Waals surface area contributed by atoms with E-state index in [1.807, 2.05) is 6.92 Å². The lowest BCUT2D eigenvalue weighted by Crippen LogP contribution is -2.33. The van der Waals surface area contributed by atoms with Crippen molar-refractivity contribution >= 4 is 22.8 Å². The van der Waals surface area contributed by atoms with E-state index in [9.17, 15) is 9.59 Å². The van der Waals surface area contributed by atoms with Gasteiger partial charge in [0.15, 0.2) is 0 Å². The Morgan fingerprint density at radius 2 is 2.26 bits per heavy atom. The first-order chi connectivity index (χ1) is 9.02. The fourth-order valence-electron chi connectivity index (χ4n) is 1.74. The number of rotatable bonds is 4. The third-order valence-corrected chi connectivity index (χ3v) is 3.58. The van der Waals surface area contributed by atoms with Crippen LogP contribution in [-0.2, 0) is 13.1 Å². The number of nitrogens with zero attached hydrogens (tertiary/aromatic N) is 2. The summed E-state index contributed by atoms with van der Waals surface area (Å²) in [6.45, 7) is 4.54. The molecule has 7 nitrogen and oxygen atoms in total. The Morgan fingerprint density at radius 3 is 2.84 bits per heavy atom. The predicted octanol–water partition coefficient (Wildman–Crippen LogP) is 0.516. The average Bonchev–Trinajstić information content (AvgIpc) is 2.75. The van der Waals surface area contributed by atoms with Crippen molar-refractivity contribution in [1.82, 2.24) is 14.5 Å². The molecule has 19 heavy (non-hydrogen) atoms. The standard InChI is InChI=1S/C11H15N5O2S/c1-3-16-9(12)8(10(17)15-11(16)18)14-5-7-4-13-6(2)19-7/h4,14H,3,5,12H2,1-2H3,(H,15,17,18). The maximum absolute atomic E-state index is 11.7. The van der Waals surface area contributed by atoms with Crippen LogP contribution in [0.3, 0.4) is 0 Å². The van der Waals surface area contributed by atoms with Gasteiger partial charge in [0.05, 0.1) is 11.6 Å². The minimum atomic E-state index is -0.506. The van der Waals surface area contributed by atoms with Gasteiger partial charge in [-0.25, -0.2) is 9.78 Å². The van der Waals surface area contributed by atoms with Gasteiger partial charge in [-0.1, -0.05) is 0 Å². The van der Waals surface area contributed by atoms with Crippen LogP contribution in [0.1, 0.15) is 16.8 Å². The number of anilines is 2. The zero-order chi connectivity index (χ0) is 14.0. The van der Waals surface area contributed by atoms with Crippen molar-refractivity contribution in [2.75, 3.05) is 11.1 Å². The zero-order valence-corrected chi connectivity index (χ0v) is 11.5. The van der Waals surface area contributed by atoms with Gasteiger partial charge in [-0.05, 0) is 13.8 Å². The van der Waals surface area contributed by atoms with Crippen LogP contribution in [0.4, 0.5) is 11.5 Å². The third kappa shape index (κ3) is 2.68. The van der Waals surface area contributed by atoms with Crippen molar-refractivity contribution in [3.8, 4) is 0 Å². The lowest BCUT2D eigenvalue weighted by Gasteiger charge is -2.11. The Balaban J connectivity index is 2.30. The topological polar surface area (TPSA) is 106 Å². The first-order valence-corrected chi connectivity index (χ1v) is 6.62. The van der Waals surface area contributed by atoms with E-state index in [1.54, 1.807) is 13.1 Å². The summed E-state index contributed by atoms with van der Waals surface area (Å²) in [7, 11) is 0. The number of aromatic nitrogens is 3. The van der Waals surface area contributed by atoms with Gasteiger partial charge in [-0.3, -0.25) is 14.3 Å². The average molecular weight is 281 g/mol. The molecule has 0 aliphatic rings. The van der Waals surface area contributed by atoms with Crippen LogP contribution in [0.2, 0.25) is 0 Å². The molecule has 0 saturated heterocycles. The summed E-state index contributed by atoms with van der Waals surface area (Å²) < 4.78 is 1.31. The van der Waals surface area contributed by atoms with Crippen molar-refractivity contribution in [2.24, 2.45) is 0 Å². The lowest BCUT2D eigenvalue weighted by molar-refractivity contribution is 0.706. The Kier molecular flexibility index (Phi) is 3.70. The fraction of sp³-hybridized carbons (Fsp3) is 0.364. The summed E-state index contributed by atoms with van der Waals surface area (Å²) >= 11 is 1.54. The summed E-state index contributed by atoms with van der Waals surface area (Å²) in [6.07, 6.45) is 1.74. The molecule has 0 spiro atoms. The van der Waals surface area contributed by atoms with Crippen molar-refractivity contribution in [3.63, 3.8) is 0 Å². The number of aryl methyl sites for hydroxylation is 1. The van der Waals surface area contributed by atoms with Crippen LogP contribution in [0.15, 0.2) is 15.8 Å². The number of hydrogen-bond acceptors (Lipinski definition) is 6. The number of nitrogens with one attached hydrogen (secondary N) is 2. The van der Waals surface area contributed by atoms with Crippen LogP contribution in [0.5, 0.6) is 0 Å². The SMILES string of the molecule is CCn1c(N)c(NCc2cnc(C)s2)c(=O)[nH]c1=O. The summed E-state index contributed by atoms with van der Waals surface area (Å²) in [4.78, 5) is 30.6. The van der Waals surface area contributed by atoms with E-state index >= 15 is 0 Å². The first-order valence-electron chi connectivity index (χ1n) is 5.80. The quantitative estimate of drug-likeness (QED) is 0.757. The minimum absolute atomic E-state index is 0.150. The van der Waals surface area contributed by atoms with Gasteiger partial charge in [-0.2, -0.15) is 0 Å². The van der Waals surface area contributed by atoms with Crippen LogP contribution >= 0.6 is 11.3 Å². The molecule has 0 amide bonds. The lowest BCUT2D eigenvalue weighted by atomic mass is 10.4. The normalized spacial score (nSPS) is 10.6. The van der Waals surface area contributed by atoms with Gasteiger partial charge in [-0.15, -0.1) is 11.3 Å². The maximum Gasteiger partial charge on any atom is 0.330 e. The Bertz CT molecular complexity index is 700. The van der Waals surface area contributed by atoms with Crippen LogP contribution < -0.4 is 22.3 Å². The van der Waals surface area contributed by atoms with Gasteiger partial charge >= 0.3 is 5.69 Å². The van der Waals surface area contributed by atoms with Gasteiger partial charge in [0.2, 0.25) is 0 Å². The summed E-state index contributed by atoms with van der Waals surface area (Å²) in [5.74, 6) is 0.150. The molecule has 2 heterocycles. The second-order valence-corrected chi connectivity index (χ2v) is 5.28. The maximum atomic E-state index is 11.7. The smallest absolute Gasteiger partial charge is 0.330 e. The number of nitrogen functional groups attached to an aromatic ring is 1. The number of hydrogen-bond donors (Lipinski definition) is 3. The van der Waals surface area contributed by atoms with E-state index in [1.165, 1.54) is 15.9 Å². The predicted molar refractivity (Wildman–Crippen MR) is 75.6 cm³/mol. The van der Waals surface area contributed by atoms with Crippen molar-refractivity contribution in [1.29, 1.82) is 0 Å². The molecule has 2 aromatic heterocycles. The molecule has 0 atom stereocenters. The van der Waals surface area contributed by atoms with E-state index in [0.717, 1.165) is 9.88 Å². The third-order valence-electron chi connectivity index (χ3n) is 2.66. The Labute approximate surface area is 113 Å². The molecule has 2 aromatic rings. The number of aromatic amines is 1. The molecule has 0 radical (unpaired) electrons. The largest absolute Gasteiger partial charge is 0.383 e. The van der Waals surface area contributed by atoms with Gasteiger partial charge in [0.1, 0.15) is 11.5 Å².